The van der Waals surface area contributed by atoms with Crippen molar-refractivity contribution in [3.8, 4) is 5.75 Å². The highest BCUT2D eigenvalue weighted by molar-refractivity contribution is 5.95. The number of rotatable bonds is 7. The molecule has 0 saturated heterocycles. The van der Waals surface area contributed by atoms with Gasteiger partial charge in [-0.1, -0.05) is 0 Å². The first-order valence-electron chi connectivity index (χ1n) is 7.05. The molecule has 0 aromatic heterocycles. The van der Waals surface area contributed by atoms with E-state index in [2.05, 4.69) is 10.5 Å². The van der Waals surface area contributed by atoms with Crippen molar-refractivity contribution in [1.82, 2.24) is 5.43 Å². The van der Waals surface area contributed by atoms with E-state index in [1.54, 1.807) is 24.3 Å². The Kier molecular flexibility index (Phi) is 5.77. The summed E-state index contributed by atoms with van der Waals surface area (Å²) in [4.78, 5) is 32.5. The van der Waals surface area contributed by atoms with Gasteiger partial charge >= 0.3 is 0 Å². The summed E-state index contributed by atoms with van der Waals surface area (Å²) in [5.41, 5.74) is 8.14. The number of primary amides is 1. The molecule has 0 atom stereocenters. The van der Waals surface area contributed by atoms with Gasteiger partial charge in [0.15, 0.2) is 6.61 Å². The second kappa shape index (κ2) is 8.20. The lowest BCUT2D eigenvalue weighted by atomic mass is 10.2. The molecule has 0 aliphatic heterocycles. The molecule has 3 N–H and O–H groups in total. The number of benzene rings is 2. The van der Waals surface area contributed by atoms with Crippen LogP contribution in [0.25, 0.3) is 0 Å². The number of nitrogens with one attached hydrogen (secondary N) is 1. The molecule has 128 valence electrons. The quantitative estimate of drug-likeness (QED) is 0.443. The van der Waals surface area contributed by atoms with E-state index in [0.29, 0.717) is 11.3 Å². The third-order valence-electron chi connectivity index (χ3n) is 2.98. The third kappa shape index (κ3) is 5.43. The molecule has 0 bridgehead atoms. The summed E-state index contributed by atoms with van der Waals surface area (Å²) in [5, 5.41) is 14.4. The summed E-state index contributed by atoms with van der Waals surface area (Å²) in [6.07, 6.45) is 1.42. The van der Waals surface area contributed by atoms with Crippen molar-refractivity contribution < 1.29 is 19.2 Å². The molecule has 9 nitrogen and oxygen atoms in total. The van der Waals surface area contributed by atoms with E-state index in [1.165, 1.54) is 30.5 Å². The lowest BCUT2D eigenvalue weighted by molar-refractivity contribution is -0.384. The topological polar surface area (TPSA) is 137 Å². The maximum absolute atomic E-state index is 11.9. The number of amides is 2. The number of nitrogens with two attached hydrogens (primary N) is 1. The van der Waals surface area contributed by atoms with Crippen LogP contribution in [0.2, 0.25) is 0 Å². The first-order valence-corrected chi connectivity index (χ1v) is 7.05. The van der Waals surface area contributed by atoms with Gasteiger partial charge in [0.1, 0.15) is 5.75 Å². The SMILES string of the molecule is NC(=O)COc1ccc(/C=N\NC(=O)c2ccc([N+](=O)[O-])cc2)cc1. The molecule has 9 heteroatoms. The minimum absolute atomic E-state index is 0.0984. The lowest BCUT2D eigenvalue weighted by Crippen LogP contribution is -2.20. The van der Waals surface area contributed by atoms with Crippen molar-refractivity contribution in [2.75, 3.05) is 6.61 Å². The second-order valence-electron chi connectivity index (χ2n) is 4.83. The van der Waals surface area contributed by atoms with Crippen LogP contribution in [0.3, 0.4) is 0 Å². The number of nitro benzene ring substituents is 1. The number of non-ortho nitro benzene ring substituents is 1. The van der Waals surface area contributed by atoms with Crippen molar-refractivity contribution in [2.24, 2.45) is 10.8 Å². The maximum Gasteiger partial charge on any atom is 0.271 e. The predicted octanol–water partition coefficient (Wildman–Crippen LogP) is 1.22. The highest BCUT2D eigenvalue weighted by Gasteiger charge is 2.08. The molecule has 0 aliphatic rings. The van der Waals surface area contributed by atoms with Crippen LogP contribution < -0.4 is 15.9 Å². The van der Waals surface area contributed by atoms with Crippen LogP contribution in [-0.2, 0) is 4.79 Å². The zero-order chi connectivity index (χ0) is 18.2. The number of carbonyl (C=O) groups excluding carboxylic acids is 2. The number of ether oxygens (including phenoxy) is 1. The minimum atomic E-state index is -0.570. The number of nitrogens with zero attached hydrogens (tertiary/aromatic N) is 2. The van der Waals surface area contributed by atoms with Crippen molar-refractivity contribution in [2.45, 2.75) is 0 Å². The normalized spacial score (nSPS) is 10.4. The van der Waals surface area contributed by atoms with Crippen molar-refractivity contribution in [3.05, 3.63) is 69.8 Å². The summed E-state index contributed by atoms with van der Waals surface area (Å²) in [5.74, 6) is -0.585. The van der Waals surface area contributed by atoms with Crippen LogP contribution in [0.1, 0.15) is 15.9 Å². The molecule has 2 aromatic carbocycles. The monoisotopic (exact) mass is 342 g/mol. The number of hydrazone groups is 1. The third-order valence-corrected chi connectivity index (χ3v) is 2.98. The largest absolute Gasteiger partial charge is 0.484 e. The van der Waals surface area contributed by atoms with Crippen molar-refractivity contribution >= 4 is 23.7 Å². The van der Waals surface area contributed by atoms with Gasteiger partial charge in [-0.3, -0.25) is 19.7 Å². The Bertz CT molecular complexity index is 800. The summed E-state index contributed by atoms with van der Waals surface area (Å²) >= 11 is 0. The summed E-state index contributed by atoms with van der Waals surface area (Å²) in [6, 6.07) is 11.8. The molecular weight excluding hydrogens is 328 g/mol. The van der Waals surface area contributed by atoms with E-state index in [4.69, 9.17) is 10.5 Å². The molecule has 2 amide bonds. The number of hydrogen-bond acceptors (Lipinski definition) is 6. The Morgan fingerprint density at radius 1 is 1.16 bits per heavy atom. The van der Waals surface area contributed by atoms with Gasteiger partial charge < -0.3 is 10.5 Å². The van der Waals surface area contributed by atoms with Gasteiger partial charge in [-0.15, -0.1) is 0 Å². The zero-order valence-electron chi connectivity index (χ0n) is 12.9. The Labute approximate surface area is 142 Å². The van der Waals surface area contributed by atoms with Gasteiger partial charge in [0.05, 0.1) is 11.1 Å². The lowest BCUT2D eigenvalue weighted by Gasteiger charge is -2.03. The van der Waals surface area contributed by atoms with Gasteiger partial charge in [0.2, 0.25) is 0 Å². The van der Waals surface area contributed by atoms with Gasteiger partial charge in [-0.25, -0.2) is 5.43 Å². The fraction of sp³-hybridized carbons (Fsp3) is 0.0625. The van der Waals surface area contributed by atoms with Gasteiger partial charge in [0, 0.05) is 17.7 Å². The van der Waals surface area contributed by atoms with E-state index < -0.39 is 16.7 Å². The van der Waals surface area contributed by atoms with Crippen LogP contribution >= 0.6 is 0 Å². The van der Waals surface area contributed by atoms with E-state index >= 15 is 0 Å². The van der Waals surface area contributed by atoms with E-state index in [-0.39, 0.29) is 17.9 Å². The van der Waals surface area contributed by atoms with Crippen LogP contribution in [0.5, 0.6) is 5.75 Å². The highest BCUT2D eigenvalue weighted by atomic mass is 16.6. The zero-order valence-corrected chi connectivity index (χ0v) is 12.9. The number of hydrogen-bond donors (Lipinski definition) is 2. The average molecular weight is 342 g/mol. The smallest absolute Gasteiger partial charge is 0.271 e. The molecular formula is C16H14N4O5. The molecule has 0 heterocycles. The predicted molar refractivity (Wildman–Crippen MR) is 89.3 cm³/mol. The summed E-state index contributed by atoms with van der Waals surface area (Å²) < 4.78 is 5.11. The molecule has 2 rings (SSSR count). The van der Waals surface area contributed by atoms with Gasteiger partial charge in [-0.05, 0) is 42.0 Å². The van der Waals surface area contributed by atoms with E-state index in [0.717, 1.165) is 0 Å². The average Bonchev–Trinajstić information content (AvgIpc) is 2.61. The van der Waals surface area contributed by atoms with Crippen LogP contribution in [-0.4, -0.2) is 29.6 Å². The molecule has 2 aromatic rings. The first-order chi connectivity index (χ1) is 12.0. The van der Waals surface area contributed by atoms with E-state index in [1.807, 2.05) is 0 Å². The van der Waals surface area contributed by atoms with Crippen LogP contribution in [0, 0.1) is 10.1 Å². The molecule has 0 aliphatic carbocycles. The fourth-order valence-electron chi connectivity index (χ4n) is 1.77. The highest BCUT2D eigenvalue weighted by Crippen LogP contribution is 2.12. The van der Waals surface area contributed by atoms with Crippen molar-refractivity contribution in [3.63, 3.8) is 0 Å². The fourth-order valence-corrected chi connectivity index (χ4v) is 1.77. The van der Waals surface area contributed by atoms with Crippen LogP contribution in [0.4, 0.5) is 5.69 Å². The van der Waals surface area contributed by atoms with Gasteiger partial charge in [0.25, 0.3) is 17.5 Å². The standard InChI is InChI=1S/C16H14N4O5/c17-15(21)10-25-14-7-1-11(2-8-14)9-18-19-16(22)12-3-5-13(6-4-12)20(23)24/h1-9H,10H2,(H2,17,21)(H,19,22)/b18-9-. The summed E-state index contributed by atoms with van der Waals surface area (Å²) in [7, 11) is 0. The second-order valence-corrected chi connectivity index (χ2v) is 4.83. The molecule has 0 radical (unpaired) electrons. The van der Waals surface area contributed by atoms with Crippen molar-refractivity contribution in [1.29, 1.82) is 0 Å². The molecule has 0 fully saturated rings. The first kappa shape index (κ1) is 17.6. The van der Waals surface area contributed by atoms with E-state index in [9.17, 15) is 19.7 Å². The van der Waals surface area contributed by atoms with Crippen LogP contribution in [0.15, 0.2) is 53.6 Å². The number of carbonyl (C=O) groups is 2. The minimum Gasteiger partial charge on any atom is -0.484 e. The Hall–Kier alpha value is -3.75. The molecule has 25 heavy (non-hydrogen) atoms. The Morgan fingerprint density at radius 2 is 1.80 bits per heavy atom. The molecule has 0 saturated carbocycles. The maximum atomic E-state index is 11.9. The number of nitro groups is 1. The molecule has 0 unspecified atom stereocenters. The summed E-state index contributed by atoms with van der Waals surface area (Å²) in [6.45, 7) is -0.210. The molecule has 0 spiro atoms. The Morgan fingerprint density at radius 3 is 2.36 bits per heavy atom. The van der Waals surface area contributed by atoms with Gasteiger partial charge in [-0.2, -0.15) is 5.10 Å². The Balaban J connectivity index is 1.90.